The third-order valence-electron chi connectivity index (χ3n) is 1.99. The summed E-state index contributed by atoms with van der Waals surface area (Å²) in [6, 6.07) is 5.04. The summed E-state index contributed by atoms with van der Waals surface area (Å²) in [7, 11) is 0. The zero-order chi connectivity index (χ0) is 11.6. The highest BCUT2D eigenvalue weighted by molar-refractivity contribution is 6.42. The van der Waals surface area contributed by atoms with Gasteiger partial charge in [0.05, 0.1) is 10.0 Å². The van der Waals surface area contributed by atoms with E-state index in [1.54, 1.807) is 32.0 Å². The van der Waals surface area contributed by atoms with Crippen LogP contribution in [0, 0.1) is 0 Å². The van der Waals surface area contributed by atoms with Crippen LogP contribution in [0.2, 0.25) is 10.0 Å². The number of nitrogens with two attached hydrogens (primary N) is 1. The van der Waals surface area contributed by atoms with Crippen LogP contribution < -0.4 is 11.1 Å². The first kappa shape index (κ1) is 12.1. The summed E-state index contributed by atoms with van der Waals surface area (Å²) >= 11 is 11.6. The van der Waals surface area contributed by atoms with E-state index in [1.807, 2.05) is 0 Å². The first-order valence-electron chi connectivity index (χ1n) is 4.36. The first-order chi connectivity index (χ1) is 6.83. The SMILES string of the molecule is CC(C)(Nc1ccc(Cl)c(Cl)c1)C(N)=O. The second kappa shape index (κ2) is 4.29. The first-order valence-corrected chi connectivity index (χ1v) is 5.11. The van der Waals surface area contributed by atoms with Crippen molar-refractivity contribution in [2.75, 3.05) is 5.32 Å². The maximum absolute atomic E-state index is 11.1. The minimum Gasteiger partial charge on any atom is -0.372 e. The Morgan fingerprint density at radius 1 is 1.33 bits per heavy atom. The van der Waals surface area contributed by atoms with Crippen molar-refractivity contribution in [3.8, 4) is 0 Å². The van der Waals surface area contributed by atoms with E-state index in [-0.39, 0.29) is 0 Å². The molecule has 0 saturated heterocycles. The number of hydrogen-bond donors (Lipinski definition) is 2. The van der Waals surface area contributed by atoms with Gasteiger partial charge in [0.15, 0.2) is 0 Å². The Morgan fingerprint density at radius 2 is 1.93 bits per heavy atom. The van der Waals surface area contributed by atoms with Gasteiger partial charge in [0.2, 0.25) is 5.91 Å². The molecule has 0 bridgehead atoms. The Hall–Kier alpha value is -0.930. The molecule has 82 valence electrons. The van der Waals surface area contributed by atoms with Crippen LogP contribution in [0.25, 0.3) is 0 Å². The highest BCUT2D eigenvalue weighted by atomic mass is 35.5. The average molecular weight is 247 g/mol. The van der Waals surface area contributed by atoms with Gasteiger partial charge in [0.1, 0.15) is 5.54 Å². The number of hydrogen-bond acceptors (Lipinski definition) is 2. The maximum Gasteiger partial charge on any atom is 0.242 e. The monoisotopic (exact) mass is 246 g/mol. The van der Waals surface area contributed by atoms with Crippen molar-refractivity contribution >= 4 is 34.8 Å². The number of halogens is 2. The number of carbonyl (C=O) groups excluding carboxylic acids is 1. The molecule has 0 radical (unpaired) electrons. The van der Waals surface area contributed by atoms with Gasteiger partial charge in [-0.25, -0.2) is 0 Å². The molecular formula is C10H12Cl2N2O. The van der Waals surface area contributed by atoms with Crippen LogP contribution in [-0.4, -0.2) is 11.4 Å². The lowest BCUT2D eigenvalue weighted by atomic mass is 10.0. The zero-order valence-corrected chi connectivity index (χ0v) is 9.99. The number of nitrogens with one attached hydrogen (secondary N) is 1. The number of carbonyl (C=O) groups is 1. The molecule has 0 saturated carbocycles. The summed E-state index contributed by atoms with van der Waals surface area (Å²) in [5.41, 5.74) is 5.11. The lowest BCUT2D eigenvalue weighted by molar-refractivity contribution is -0.121. The highest BCUT2D eigenvalue weighted by Gasteiger charge is 2.24. The van der Waals surface area contributed by atoms with Crippen molar-refractivity contribution in [2.45, 2.75) is 19.4 Å². The van der Waals surface area contributed by atoms with E-state index in [4.69, 9.17) is 28.9 Å². The topological polar surface area (TPSA) is 55.1 Å². The molecule has 0 aliphatic rings. The van der Waals surface area contributed by atoms with Gasteiger partial charge in [-0.3, -0.25) is 4.79 Å². The molecule has 0 aliphatic carbocycles. The second-order valence-electron chi connectivity index (χ2n) is 3.74. The predicted octanol–water partition coefficient (Wildman–Crippen LogP) is 2.67. The molecule has 3 N–H and O–H groups in total. The van der Waals surface area contributed by atoms with Crippen LogP contribution in [0.3, 0.4) is 0 Å². The molecule has 1 aromatic carbocycles. The van der Waals surface area contributed by atoms with Gasteiger partial charge in [0, 0.05) is 5.69 Å². The van der Waals surface area contributed by atoms with Gasteiger partial charge < -0.3 is 11.1 Å². The lowest BCUT2D eigenvalue weighted by Crippen LogP contribution is -2.44. The summed E-state index contributed by atoms with van der Waals surface area (Å²) in [5, 5.41) is 3.87. The molecule has 1 amide bonds. The molecule has 0 spiro atoms. The van der Waals surface area contributed by atoms with Crippen molar-refractivity contribution < 1.29 is 4.79 Å². The number of amides is 1. The molecule has 0 fully saturated rings. The molecule has 1 aromatic rings. The van der Waals surface area contributed by atoms with Crippen molar-refractivity contribution in [1.82, 2.24) is 0 Å². The fourth-order valence-electron chi connectivity index (χ4n) is 0.996. The van der Waals surface area contributed by atoms with Gasteiger partial charge in [0.25, 0.3) is 0 Å². The highest BCUT2D eigenvalue weighted by Crippen LogP contribution is 2.26. The smallest absolute Gasteiger partial charge is 0.242 e. The molecule has 0 aromatic heterocycles. The third-order valence-corrected chi connectivity index (χ3v) is 2.73. The minimum atomic E-state index is -0.822. The maximum atomic E-state index is 11.1. The van der Waals surface area contributed by atoms with Crippen molar-refractivity contribution in [2.24, 2.45) is 5.73 Å². The van der Waals surface area contributed by atoms with Crippen LogP contribution in [0.15, 0.2) is 18.2 Å². The molecule has 0 unspecified atom stereocenters. The van der Waals surface area contributed by atoms with E-state index < -0.39 is 11.4 Å². The minimum absolute atomic E-state index is 0.432. The number of anilines is 1. The van der Waals surface area contributed by atoms with Crippen molar-refractivity contribution in [3.05, 3.63) is 28.2 Å². The molecule has 0 atom stereocenters. The van der Waals surface area contributed by atoms with Gasteiger partial charge in [-0.2, -0.15) is 0 Å². The molecule has 0 aliphatic heterocycles. The van der Waals surface area contributed by atoms with E-state index in [2.05, 4.69) is 5.32 Å². The van der Waals surface area contributed by atoms with Crippen LogP contribution in [-0.2, 0) is 4.79 Å². The Labute approximate surface area is 98.5 Å². The summed E-state index contributed by atoms with van der Waals surface area (Å²) in [5.74, 6) is -0.437. The Morgan fingerprint density at radius 3 is 2.40 bits per heavy atom. The van der Waals surface area contributed by atoms with E-state index in [0.29, 0.717) is 15.7 Å². The van der Waals surface area contributed by atoms with Gasteiger partial charge in [-0.15, -0.1) is 0 Å². The van der Waals surface area contributed by atoms with Crippen LogP contribution in [0.1, 0.15) is 13.8 Å². The summed E-state index contributed by atoms with van der Waals surface area (Å²) in [6.07, 6.45) is 0. The Balaban J connectivity index is 2.91. The number of primary amides is 1. The normalized spacial score (nSPS) is 11.2. The van der Waals surface area contributed by atoms with Crippen LogP contribution in [0.5, 0.6) is 0 Å². The molecular weight excluding hydrogens is 235 g/mol. The Kier molecular flexibility index (Phi) is 3.47. The quantitative estimate of drug-likeness (QED) is 0.862. The van der Waals surface area contributed by atoms with E-state index in [1.165, 1.54) is 0 Å². The average Bonchev–Trinajstić information content (AvgIpc) is 2.10. The summed E-state index contributed by atoms with van der Waals surface area (Å²) in [6.45, 7) is 3.38. The zero-order valence-electron chi connectivity index (χ0n) is 8.47. The van der Waals surface area contributed by atoms with Crippen LogP contribution >= 0.6 is 23.2 Å². The molecule has 3 nitrogen and oxygen atoms in total. The molecule has 15 heavy (non-hydrogen) atoms. The summed E-state index contributed by atoms with van der Waals surface area (Å²) < 4.78 is 0. The molecule has 1 rings (SSSR count). The fourth-order valence-corrected chi connectivity index (χ4v) is 1.29. The number of benzene rings is 1. The lowest BCUT2D eigenvalue weighted by Gasteiger charge is -2.23. The standard InChI is InChI=1S/C10H12Cl2N2O/c1-10(2,9(13)15)14-6-3-4-7(11)8(12)5-6/h3-5,14H,1-2H3,(H2,13,15). The fraction of sp³-hybridized carbons (Fsp3) is 0.300. The Bertz CT molecular complexity index is 391. The summed E-state index contributed by atoms with van der Waals surface area (Å²) in [4.78, 5) is 11.1. The predicted molar refractivity (Wildman–Crippen MR) is 63.4 cm³/mol. The number of rotatable bonds is 3. The van der Waals surface area contributed by atoms with Crippen molar-refractivity contribution in [1.29, 1.82) is 0 Å². The van der Waals surface area contributed by atoms with Gasteiger partial charge in [-0.05, 0) is 32.0 Å². The van der Waals surface area contributed by atoms with E-state index in [9.17, 15) is 4.79 Å². The van der Waals surface area contributed by atoms with Crippen molar-refractivity contribution in [3.63, 3.8) is 0 Å². The van der Waals surface area contributed by atoms with E-state index in [0.717, 1.165) is 0 Å². The van der Waals surface area contributed by atoms with Gasteiger partial charge >= 0.3 is 0 Å². The third kappa shape index (κ3) is 3.01. The largest absolute Gasteiger partial charge is 0.372 e. The van der Waals surface area contributed by atoms with E-state index >= 15 is 0 Å². The van der Waals surface area contributed by atoms with Crippen LogP contribution in [0.4, 0.5) is 5.69 Å². The van der Waals surface area contributed by atoms with Gasteiger partial charge in [-0.1, -0.05) is 23.2 Å². The molecule has 0 heterocycles. The second-order valence-corrected chi connectivity index (χ2v) is 4.56. The molecule has 5 heteroatoms.